The van der Waals surface area contributed by atoms with Crippen LogP contribution in [0.4, 0.5) is 0 Å². The molecule has 0 bridgehead atoms. The van der Waals surface area contributed by atoms with Crippen LogP contribution in [-0.2, 0) is 9.53 Å². The summed E-state index contributed by atoms with van der Waals surface area (Å²) in [5, 5.41) is 12.3. The summed E-state index contributed by atoms with van der Waals surface area (Å²) < 4.78 is 12.8. The molecule has 0 radical (unpaired) electrons. The lowest BCUT2D eigenvalue weighted by atomic mass is 10.1. The molecule has 8 heteroatoms. The first-order valence-electron chi connectivity index (χ1n) is 11.1. The minimum Gasteiger partial charge on any atom is -0.438 e. The summed E-state index contributed by atoms with van der Waals surface area (Å²) in [7, 11) is 0. The molecule has 0 saturated heterocycles. The van der Waals surface area contributed by atoms with Crippen molar-refractivity contribution >= 4 is 17.6 Å². The number of nitriles is 1. The second-order valence-corrected chi connectivity index (χ2v) is 8.09. The molecule has 0 aliphatic rings. The van der Waals surface area contributed by atoms with Gasteiger partial charge in [-0.15, -0.1) is 0 Å². The van der Waals surface area contributed by atoms with Crippen LogP contribution in [0.2, 0.25) is 0 Å². The Morgan fingerprint density at radius 1 is 1.21 bits per heavy atom. The Balaban J connectivity index is 2.00. The number of hydrogen-bond donors (Lipinski definition) is 1. The lowest BCUT2D eigenvalue weighted by Crippen LogP contribution is -2.27. The van der Waals surface area contributed by atoms with Crippen LogP contribution in [0.1, 0.15) is 37.0 Å². The maximum Gasteiger partial charge on any atom is 0.269 e. The molecule has 0 unspecified atom stereocenters. The average molecular weight is 461 g/mol. The fraction of sp³-hybridized carbons (Fsp3) is 0.308. The molecule has 0 aliphatic heterocycles. The van der Waals surface area contributed by atoms with E-state index < -0.39 is 11.5 Å². The van der Waals surface area contributed by atoms with E-state index in [0.717, 1.165) is 11.1 Å². The van der Waals surface area contributed by atoms with Gasteiger partial charge in [-0.1, -0.05) is 24.3 Å². The molecule has 2 aromatic heterocycles. The number of ether oxygens (including phenoxy) is 2. The Bertz CT molecular complexity index is 1320. The molecule has 0 spiro atoms. The smallest absolute Gasteiger partial charge is 0.269 e. The fourth-order valence-electron chi connectivity index (χ4n) is 3.25. The molecule has 176 valence electrons. The molecule has 0 atom stereocenters. The molecule has 8 nitrogen and oxygen atoms in total. The highest BCUT2D eigenvalue weighted by atomic mass is 16.5. The molecule has 1 aromatic carbocycles. The number of carbonyl (C=O) groups excluding carboxylic acids is 1. The van der Waals surface area contributed by atoms with Crippen molar-refractivity contribution in [1.82, 2.24) is 14.7 Å². The largest absolute Gasteiger partial charge is 0.438 e. The van der Waals surface area contributed by atoms with Crippen LogP contribution in [0.5, 0.6) is 11.6 Å². The van der Waals surface area contributed by atoms with Gasteiger partial charge in [0.1, 0.15) is 28.6 Å². The van der Waals surface area contributed by atoms with Gasteiger partial charge in [0.2, 0.25) is 5.88 Å². The number of aryl methyl sites for hydroxylation is 2. The molecule has 1 N–H and O–H groups in total. The first-order valence-corrected chi connectivity index (χ1v) is 11.1. The molecule has 3 aromatic rings. The molecule has 3 rings (SSSR count). The summed E-state index contributed by atoms with van der Waals surface area (Å²) in [5.41, 5.74) is 1.43. The molecule has 0 fully saturated rings. The number of aromatic nitrogens is 2. The van der Waals surface area contributed by atoms with Gasteiger partial charge in [0, 0.05) is 19.3 Å². The van der Waals surface area contributed by atoms with Crippen LogP contribution in [0.3, 0.4) is 0 Å². The normalized spacial score (nSPS) is 11.5. The SMILES string of the molecule is Cc1ccccc1Oc1nc2c(C)cccn2c(=O)c1C=C(C#N)C(=O)NCCCOC(C)C. The van der Waals surface area contributed by atoms with Crippen molar-refractivity contribution in [2.45, 2.75) is 40.2 Å². The average Bonchev–Trinajstić information content (AvgIpc) is 2.80. The monoisotopic (exact) mass is 460 g/mol. The lowest BCUT2D eigenvalue weighted by Gasteiger charge is -2.13. The Morgan fingerprint density at radius 3 is 2.65 bits per heavy atom. The van der Waals surface area contributed by atoms with Gasteiger partial charge in [-0.25, -0.2) is 0 Å². The number of para-hydroxylation sites is 1. The van der Waals surface area contributed by atoms with Crippen LogP contribution in [0, 0.1) is 25.2 Å². The van der Waals surface area contributed by atoms with Crippen LogP contribution in [0.25, 0.3) is 11.7 Å². The van der Waals surface area contributed by atoms with E-state index in [1.54, 1.807) is 18.3 Å². The van der Waals surface area contributed by atoms with E-state index in [1.807, 2.05) is 58.0 Å². The van der Waals surface area contributed by atoms with E-state index in [1.165, 1.54) is 10.5 Å². The highest BCUT2D eigenvalue weighted by Gasteiger charge is 2.18. The number of hydrogen-bond acceptors (Lipinski definition) is 6. The van der Waals surface area contributed by atoms with Gasteiger partial charge >= 0.3 is 0 Å². The Hall–Kier alpha value is -3.96. The van der Waals surface area contributed by atoms with Crippen molar-refractivity contribution in [3.05, 3.63) is 75.2 Å². The summed E-state index contributed by atoms with van der Waals surface area (Å²) in [4.78, 5) is 30.5. The van der Waals surface area contributed by atoms with Gasteiger partial charge in [0.05, 0.1) is 6.10 Å². The predicted molar refractivity (Wildman–Crippen MR) is 130 cm³/mol. The molecule has 0 saturated carbocycles. The number of carbonyl (C=O) groups is 1. The zero-order valence-electron chi connectivity index (χ0n) is 19.8. The van der Waals surface area contributed by atoms with Crippen LogP contribution < -0.4 is 15.6 Å². The molecule has 34 heavy (non-hydrogen) atoms. The number of benzene rings is 1. The van der Waals surface area contributed by atoms with E-state index in [-0.39, 0.29) is 23.1 Å². The van der Waals surface area contributed by atoms with Crippen molar-refractivity contribution in [2.75, 3.05) is 13.2 Å². The molecule has 0 aliphatic carbocycles. The van der Waals surface area contributed by atoms with E-state index in [0.29, 0.717) is 31.0 Å². The number of nitrogens with one attached hydrogen (secondary N) is 1. The second kappa shape index (κ2) is 11.3. The third-order valence-electron chi connectivity index (χ3n) is 5.06. The van der Waals surface area contributed by atoms with Crippen molar-refractivity contribution in [3.8, 4) is 17.7 Å². The van der Waals surface area contributed by atoms with E-state index in [2.05, 4.69) is 10.3 Å². The van der Waals surface area contributed by atoms with E-state index >= 15 is 0 Å². The highest BCUT2D eigenvalue weighted by molar-refractivity contribution is 6.01. The Morgan fingerprint density at radius 2 is 1.94 bits per heavy atom. The molecule has 2 heterocycles. The van der Waals surface area contributed by atoms with Gasteiger partial charge in [0.15, 0.2) is 0 Å². The van der Waals surface area contributed by atoms with Crippen LogP contribution in [0.15, 0.2) is 53.0 Å². The quantitative estimate of drug-likeness (QED) is 0.295. The summed E-state index contributed by atoms with van der Waals surface area (Å²) in [6.07, 6.45) is 3.53. The van der Waals surface area contributed by atoms with Gasteiger partial charge in [-0.2, -0.15) is 10.2 Å². The topological polar surface area (TPSA) is 106 Å². The van der Waals surface area contributed by atoms with E-state index in [4.69, 9.17) is 9.47 Å². The minimum atomic E-state index is -0.581. The Kier molecular flexibility index (Phi) is 8.17. The minimum absolute atomic E-state index is 0.0150. The van der Waals surface area contributed by atoms with Crippen molar-refractivity contribution in [1.29, 1.82) is 5.26 Å². The summed E-state index contributed by atoms with van der Waals surface area (Å²) in [6.45, 7) is 8.41. The van der Waals surface area contributed by atoms with Crippen molar-refractivity contribution in [2.24, 2.45) is 0 Å². The zero-order valence-corrected chi connectivity index (χ0v) is 19.8. The predicted octanol–water partition coefficient (Wildman–Crippen LogP) is 3.94. The maximum absolute atomic E-state index is 13.4. The fourth-order valence-corrected chi connectivity index (χ4v) is 3.25. The number of rotatable bonds is 9. The summed E-state index contributed by atoms with van der Waals surface area (Å²) in [5.74, 6) is -0.0304. The third kappa shape index (κ3) is 5.88. The van der Waals surface area contributed by atoms with Gasteiger partial charge in [-0.05, 0) is 63.5 Å². The lowest BCUT2D eigenvalue weighted by molar-refractivity contribution is -0.117. The highest BCUT2D eigenvalue weighted by Crippen LogP contribution is 2.27. The summed E-state index contributed by atoms with van der Waals surface area (Å²) in [6, 6.07) is 12.8. The van der Waals surface area contributed by atoms with Crippen LogP contribution in [-0.4, -0.2) is 34.5 Å². The number of amides is 1. The Labute approximate surface area is 198 Å². The summed E-state index contributed by atoms with van der Waals surface area (Å²) >= 11 is 0. The first-order chi connectivity index (χ1) is 16.3. The third-order valence-corrected chi connectivity index (χ3v) is 5.06. The van der Waals surface area contributed by atoms with Crippen molar-refractivity contribution in [3.63, 3.8) is 0 Å². The van der Waals surface area contributed by atoms with Gasteiger partial charge in [-0.3, -0.25) is 14.0 Å². The van der Waals surface area contributed by atoms with E-state index in [9.17, 15) is 14.9 Å². The molecular weight excluding hydrogens is 432 g/mol. The molecular formula is C26H28N4O4. The number of fused-ring (bicyclic) bond motifs is 1. The van der Waals surface area contributed by atoms with Crippen LogP contribution >= 0.6 is 0 Å². The molecule has 1 amide bonds. The van der Waals surface area contributed by atoms with Gasteiger partial charge < -0.3 is 14.8 Å². The number of pyridine rings is 1. The second-order valence-electron chi connectivity index (χ2n) is 8.09. The van der Waals surface area contributed by atoms with Gasteiger partial charge in [0.25, 0.3) is 11.5 Å². The standard InChI is InChI=1S/C26H28N4O4/c1-17(2)33-14-8-12-28-24(31)20(16-27)15-21-25(34-22-11-6-5-9-18(22)3)29-23-19(4)10-7-13-30(23)26(21)32/h5-7,9-11,13,15,17H,8,12,14H2,1-4H3,(H,28,31). The first kappa shape index (κ1) is 24.7. The maximum atomic E-state index is 13.4. The van der Waals surface area contributed by atoms with Crippen molar-refractivity contribution < 1.29 is 14.3 Å². The number of nitrogens with zero attached hydrogens (tertiary/aromatic N) is 3. The zero-order chi connectivity index (χ0) is 24.7.